The Balaban J connectivity index is 1.86. The Morgan fingerprint density at radius 2 is 2.00 bits per heavy atom. The summed E-state index contributed by atoms with van der Waals surface area (Å²) in [5.74, 6) is 1.44. The van der Waals surface area contributed by atoms with E-state index in [9.17, 15) is 9.90 Å². The van der Waals surface area contributed by atoms with Crippen molar-refractivity contribution in [3.8, 4) is 0 Å². The Morgan fingerprint density at radius 1 is 1.32 bits per heavy atom. The number of aliphatic hydroxyl groups excluding tert-OH is 1. The van der Waals surface area contributed by atoms with Crippen molar-refractivity contribution >= 4 is 5.78 Å². The SMILES string of the molecule is C=CC(C)[C@]1(C)C[C@@H](O)[C@]23C[C@@H]2CCC2(CC[C@@H](OC)C23)[C@@H](C)C1=O. The molecule has 1 spiro atoms. The summed E-state index contributed by atoms with van der Waals surface area (Å²) < 4.78 is 5.91. The van der Waals surface area contributed by atoms with Crippen molar-refractivity contribution in [2.75, 3.05) is 7.11 Å². The molecule has 2 bridgehead atoms. The standard InChI is InChI=1S/C22H34O3/c1-6-13(2)20(4)12-17(23)22-11-15(22)7-9-21(14(3)19(20)24)10-8-16(25-5)18(21)22/h6,13-18,23H,1,7-12H2,2-5H3/t13?,14-,15-,16+,17+,18?,20-,21?,22-/m0/s1. The summed E-state index contributed by atoms with van der Waals surface area (Å²) in [4.78, 5) is 13.7. The van der Waals surface area contributed by atoms with Gasteiger partial charge in [0, 0.05) is 23.9 Å². The quantitative estimate of drug-likeness (QED) is 0.786. The Morgan fingerprint density at radius 3 is 2.64 bits per heavy atom. The highest BCUT2D eigenvalue weighted by Gasteiger charge is 2.76. The molecule has 0 aromatic carbocycles. The zero-order valence-corrected chi connectivity index (χ0v) is 16.3. The van der Waals surface area contributed by atoms with Gasteiger partial charge in [0.15, 0.2) is 0 Å². The molecule has 4 saturated carbocycles. The van der Waals surface area contributed by atoms with Crippen LogP contribution in [0.25, 0.3) is 0 Å². The molecule has 4 aliphatic rings. The van der Waals surface area contributed by atoms with Crippen LogP contribution in [0.15, 0.2) is 12.7 Å². The first-order valence-corrected chi connectivity index (χ1v) is 10.2. The monoisotopic (exact) mass is 346 g/mol. The number of allylic oxidation sites excluding steroid dienone is 1. The lowest BCUT2D eigenvalue weighted by Crippen LogP contribution is -2.57. The molecule has 4 rings (SSSR count). The van der Waals surface area contributed by atoms with E-state index in [-0.39, 0.29) is 28.8 Å². The first-order chi connectivity index (χ1) is 11.8. The number of aliphatic hydroxyl groups is 1. The van der Waals surface area contributed by atoms with Crippen LogP contribution in [-0.4, -0.2) is 30.2 Å². The fourth-order valence-corrected chi connectivity index (χ4v) is 7.52. The molecule has 4 fully saturated rings. The topological polar surface area (TPSA) is 46.5 Å². The number of ketones is 1. The molecular formula is C22H34O3. The van der Waals surface area contributed by atoms with E-state index in [2.05, 4.69) is 27.4 Å². The minimum Gasteiger partial charge on any atom is -0.392 e. The van der Waals surface area contributed by atoms with E-state index in [0.717, 1.165) is 25.7 Å². The highest BCUT2D eigenvalue weighted by atomic mass is 16.5. The third-order valence-electron chi connectivity index (χ3n) is 9.34. The molecule has 4 aliphatic carbocycles. The maximum atomic E-state index is 13.7. The molecule has 0 amide bonds. The molecular weight excluding hydrogens is 312 g/mol. The molecule has 0 heterocycles. The number of carbonyl (C=O) groups is 1. The highest BCUT2D eigenvalue weighted by Crippen LogP contribution is 2.77. The van der Waals surface area contributed by atoms with Crippen molar-refractivity contribution in [2.24, 2.45) is 39.9 Å². The summed E-state index contributed by atoms with van der Waals surface area (Å²) in [5.41, 5.74) is -0.498. The van der Waals surface area contributed by atoms with Gasteiger partial charge in [-0.3, -0.25) is 4.79 Å². The van der Waals surface area contributed by atoms with Gasteiger partial charge in [-0.15, -0.1) is 6.58 Å². The Bertz CT molecular complexity index is 600. The number of methoxy groups -OCH3 is 1. The smallest absolute Gasteiger partial charge is 0.142 e. The van der Waals surface area contributed by atoms with Crippen LogP contribution < -0.4 is 0 Å². The summed E-state index contributed by atoms with van der Waals surface area (Å²) in [5, 5.41) is 11.4. The van der Waals surface area contributed by atoms with E-state index in [1.54, 1.807) is 0 Å². The minimum absolute atomic E-state index is 0.00740. The second kappa shape index (κ2) is 5.42. The van der Waals surface area contributed by atoms with Crippen LogP contribution in [0.1, 0.15) is 59.3 Å². The molecule has 140 valence electrons. The van der Waals surface area contributed by atoms with Gasteiger partial charge in [0.1, 0.15) is 5.78 Å². The van der Waals surface area contributed by atoms with Gasteiger partial charge in [0.05, 0.1) is 12.2 Å². The van der Waals surface area contributed by atoms with E-state index >= 15 is 0 Å². The molecule has 0 aromatic heterocycles. The number of ether oxygens (including phenoxy) is 1. The summed E-state index contributed by atoms with van der Waals surface area (Å²) in [7, 11) is 1.81. The van der Waals surface area contributed by atoms with Crippen molar-refractivity contribution in [1.82, 2.24) is 0 Å². The zero-order chi connectivity index (χ0) is 18.2. The Hall–Kier alpha value is -0.670. The van der Waals surface area contributed by atoms with Crippen molar-refractivity contribution in [3.63, 3.8) is 0 Å². The Kier molecular flexibility index (Phi) is 3.84. The van der Waals surface area contributed by atoms with Gasteiger partial charge in [-0.1, -0.05) is 26.8 Å². The summed E-state index contributed by atoms with van der Waals surface area (Å²) in [6, 6.07) is 0. The molecule has 3 heteroatoms. The lowest BCUT2D eigenvalue weighted by atomic mass is 9.49. The molecule has 0 aliphatic heterocycles. The number of Topliss-reactive ketones (excluding diaryl/α,β-unsaturated/α-hetero) is 1. The van der Waals surface area contributed by atoms with Crippen LogP contribution in [0.5, 0.6) is 0 Å². The van der Waals surface area contributed by atoms with E-state index in [1.807, 2.05) is 13.2 Å². The zero-order valence-electron chi connectivity index (χ0n) is 16.3. The average Bonchev–Trinajstić information content (AvgIpc) is 3.25. The van der Waals surface area contributed by atoms with Crippen LogP contribution in [0, 0.1) is 39.9 Å². The van der Waals surface area contributed by atoms with Crippen LogP contribution in [0.3, 0.4) is 0 Å². The molecule has 3 unspecified atom stereocenters. The fourth-order valence-electron chi connectivity index (χ4n) is 7.52. The predicted octanol–water partition coefficient (Wildman–Crippen LogP) is 4.00. The maximum absolute atomic E-state index is 13.7. The van der Waals surface area contributed by atoms with Crippen LogP contribution >= 0.6 is 0 Å². The maximum Gasteiger partial charge on any atom is 0.142 e. The van der Waals surface area contributed by atoms with Gasteiger partial charge in [-0.25, -0.2) is 0 Å². The van der Waals surface area contributed by atoms with Crippen LogP contribution in [0.4, 0.5) is 0 Å². The van der Waals surface area contributed by atoms with E-state index in [1.165, 1.54) is 6.42 Å². The lowest BCUT2D eigenvalue weighted by molar-refractivity contribution is -0.162. The summed E-state index contributed by atoms with van der Waals surface area (Å²) >= 11 is 0. The number of hydrogen-bond acceptors (Lipinski definition) is 3. The third kappa shape index (κ3) is 1.97. The number of rotatable bonds is 3. The predicted molar refractivity (Wildman–Crippen MR) is 98.0 cm³/mol. The summed E-state index contributed by atoms with van der Waals surface area (Å²) in [6.07, 6.45) is 7.81. The first-order valence-electron chi connectivity index (χ1n) is 10.2. The lowest BCUT2D eigenvalue weighted by Gasteiger charge is -2.55. The van der Waals surface area contributed by atoms with E-state index in [0.29, 0.717) is 24.0 Å². The van der Waals surface area contributed by atoms with Crippen molar-refractivity contribution in [3.05, 3.63) is 12.7 Å². The van der Waals surface area contributed by atoms with Crippen LogP contribution in [0.2, 0.25) is 0 Å². The molecule has 0 radical (unpaired) electrons. The van der Waals surface area contributed by atoms with Gasteiger partial charge < -0.3 is 9.84 Å². The number of hydrogen-bond donors (Lipinski definition) is 1. The summed E-state index contributed by atoms with van der Waals surface area (Å²) in [6.45, 7) is 10.3. The van der Waals surface area contributed by atoms with Gasteiger partial charge in [-0.2, -0.15) is 0 Å². The van der Waals surface area contributed by atoms with Gasteiger partial charge >= 0.3 is 0 Å². The third-order valence-corrected chi connectivity index (χ3v) is 9.34. The van der Waals surface area contributed by atoms with E-state index in [4.69, 9.17) is 4.74 Å². The molecule has 0 aromatic rings. The average molecular weight is 347 g/mol. The van der Waals surface area contributed by atoms with Crippen molar-refractivity contribution < 1.29 is 14.6 Å². The van der Waals surface area contributed by atoms with Gasteiger partial charge in [0.25, 0.3) is 0 Å². The van der Waals surface area contributed by atoms with Crippen LogP contribution in [-0.2, 0) is 9.53 Å². The second-order valence-corrected chi connectivity index (χ2v) is 9.82. The van der Waals surface area contributed by atoms with Crippen molar-refractivity contribution in [2.45, 2.75) is 71.5 Å². The normalized spacial score (nSPS) is 55.6. The Labute approximate surface area is 152 Å². The molecule has 1 N–H and O–H groups in total. The van der Waals surface area contributed by atoms with Gasteiger partial charge in [0.2, 0.25) is 0 Å². The second-order valence-electron chi connectivity index (χ2n) is 9.82. The first kappa shape index (κ1) is 17.7. The van der Waals surface area contributed by atoms with Crippen molar-refractivity contribution in [1.29, 1.82) is 0 Å². The molecule has 3 nitrogen and oxygen atoms in total. The minimum atomic E-state index is -0.513. The molecule has 0 saturated heterocycles. The number of carbonyl (C=O) groups excluding carboxylic acids is 1. The van der Waals surface area contributed by atoms with Gasteiger partial charge in [-0.05, 0) is 61.7 Å². The molecule has 9 atom stereocenters. The van der Waals surface area contributed by atoms with E-state index < -0.39 is 11.5 Å². The highest BCUT2D eigenvalue weighted by molar-refractivity contribution is 5.88. The fraction of sp³-hybridized carbons (Fsp3) is 0.864. The molecule has 25 heavy (non-hydrogen) atoms. The largest absolute Gasteiger partial charge is 0.392 e.